The Morgan fingerprint density at radius 3 is 2.71 bits per heavy atom. The van der Waals surface area contributed by atoms with Crippen molar-refractivity contribution in [3.05, 3.63) is 36.4 Å². The van der Waals surface area contributed by atoms with Crippen molar-refractivity contribution in [2.24, 2.45) is 5.73 Å². The minimum Gasteiger partial charge on any atom is -0.378 e. The number of amides is 1. The first-order valence-electron chi connectivity index (χ1n) is 11.0. The van der Waals surface area contributed by atoms with E-state index in [-0.39, 0.29) is 17.6 Å². The highest BCUT2D eigenvalue weighted by molar-refractivity contribution is 5.84. The van der Waals surface area contributed by atoms with Crippen molar-refractivity contribution in [2.45, 2.75) is 18.9 Å². The zero-order chi connectivity index (χ0) is 23.7. The molecule has 5 N–H and O–H groups in total. The Hall–Kier alpha value is -4.00. The molecule has 1 aromatic carbocycles. The zero-order valence-corrected chi connectivity index (χ0v) is 18.4. The molecule has 178 valence electrons. The van der Waals surface area contributed by atoms with E-state index in [2.05, 4.69) is 30.3 Å². The summed E-state index contributed by atoms with van der Waals surface area (Å²) < 4.78 is 21.7. The van der Waals surface area contributed by atoms with E-state index in [0.717, 1.165) is 12.1 Å². The summed E-state index contributed by atoms with van der Waals surface area (Å²) >= 11 is 0. The van der Waals surface area contributed by atoms with Crippen LogP contribution in [-0.4, -0.2) is 69.5 Å². The third-order valence-corrected chi connectivity index (χ3v) is 5.93. The Kier molecular flexibility index (Phi) is 5.84. The number of rotatable bonds is 6. The van der Waals surface area contributed by atoms with Gasteiger partial charge < -0.3 is 31.3 Å². The second-order valence-corrected chi connectivity index (χ2v) is 8.08. The molecule has 0 radical (unpaired) electrons. The number of halogens is 1. The molecule has 34 heavy (non-hydrogen) atoms. The molecule has 2 aliphatic heterocycles. The fourth-order valence-corrected chi connectivity index (χ4v) is 4.26. The van der Waals surface area contributed by atoms with Gasteiger partial charge in [0, 0.05) is 31.4 Å². The van der Waals surface area contributed by atoms with Crippen molar-refractivity contribution < 1.29 is 13.9 Å². The summed E-state index contributed by atoms with van der Waals surface area (Å²) in [7, 11) is 0. The maximum Gasteiger partial charge on any atom is 0.241 e. The Labute approximate surface area is 194 Å². The molecule has 5 rings (SSSR count). The highest BCUT2D eigenvalue weighted by atomic mass is 19.1. The zero-order valence-electron chi connectivity index (χ0n) is 18.4. The van der Waals surface area contributed by atoms with Gasteiger partial charge in [0.05, 0.1) is 18.9 Å². The van der Waals surface area contributed by atoms with Crippen LogP contribution < -0.4 is 26.6 Å². The first-order chi connectivity index (χ1) is 16.5. The second-order valence-electron chi connectivity index (χ2n) is 8.08. The van der Waals surface area contributed by atoms with Crippen molar-refractivity contribution in [3.8, 4) is 5.82 Å². The number of ether oxygens (including phenoxy) is 1. The van der Waals surface area contributed by atoms with Gasteiger partial charge in [-0.15, -0.1) is 5.10 Å². The van der Waals surface area contributed by atoms with Gasteiger partial charge in [0.1, 0.15) is 24.0 Å². The van der Waals surface area contributed by atoms with Crippen molar-refractivity contribution in [1.29, 1.82) is 0 Å². The molecule has 13 heteroatoms. The molecule has 2 aliphatic rings. The molecule has 0 aliphatic carbocycles. The molecule has 2 aromatic heterocycles. The number of carbonyl (C=O) groups excluding carboxylic acids is 1. The molecule has 1 atom stereocenters. The van der Waals surface area contributed by atoms with Gasteiger partial charge in [0.2, 0.25) is 17.8 Å². The van der Waals surface area contributed by atoms with Crippen molar-refractivity contribution >= 4 is 35.0 Å². The molecule has 4 heterocycles. The van der Waals surface area contributed by atoms with E-state index in [4.69, 9.17) is 16.2 Å². The van der Waals surface area contributed by atoms with Crippen molar-refractivity contribution in [3.63, 3.8) is 0 Å². The number of benzene rings is 1. The fraction of sp³-hybridized carbons (Fsp3) is 0.381. The first kappa shape index (κ1) is 21.8. The predicted molar refractivity (Wildman–Crippen MR) is 124 cm³/mol. The minimum absolute atomic E-state index is 0.0100. The van der Waals surface area contributed by atoms with Gasteiger partial charge in [-0.05, 0) is 31.0 Å². The summed E-state index contributed by atoms with van der Waals surface area (Å²) in [5.41, 5.74) is 12.4. The molecule has 0 saturated carbocycles. The van der Waals surface area contributed by atoms with E-state index >= 15 is 0 Å². The minimum atomic E-state index is -0.443. The molecule has 2 saturated heterocycles. The standard InChI is InChI=1S/C21H25FN10O2/c22-14-10-13(30-6-8-34-9-7-30)3-4-15(14)27-21-28-20(24)29-32(21)18-11-17(25-12-26-18)31-5-1-2-16(31)19(23)33/h3-4,10-12,16H,1-2,5-9H2,(H2,23,33)(H3,24,27,28,29)/t16-/m0/s1. The summed E-state index contributed by atoms with van der Waals surface area (Å²) in [5.74, 6) is 0.227. The Balaban J connectivity index is 1.41. The lowest BCUT2D eigenvalue weighted by molar-refractivity contribution is -0.119. The normalized spacial score (nSPS) is 18.3. The van der Waals surface area contributed by atoms with Crippen LogP contribution >= 0.6 is 0 Å². The largest absolute Gasteiger partial charge is 0.378 e. The van der Waals surface area contributed by atoms with Crippen LogP contribution in [0.3, 0.4) is 0 Å². The number of nitrogens with two attached hydrogens (primary N) is 2. The van der Waals surface area contributed by atoms with Crippen molar-refractivity contribution in [1.82, 2.24) is 24.7 Å². The van der Waals surface area contributed by atoms with Gasteiger partial charge in [-0.2, -0.15) is 9.67 Å². The number of aromatic nitrogens is 5. The van der Waals surface area contributed by atoms with Crippen LogP contribution in [0.25, 0.3) is 5.82 Å². The summed E-state index contributed by atoms with van der Waals surface area (Å²) in [6.07, 6.45) is 2.85. The lowest BCUT2D eigenvalue weighted by atomic mass is 10.2. The molecular weight excluding hydrogens is 443 g/mol. The highest BCUT2D eigenvalue weighted by Gasteiger charge is 2.30. The van der Waals surface area contributed by atoms with Gasteiger partial charge in [-0.25, -0.2) is 14.4 Å². The van der Waals surface area contributed by atoms with Crippen molar-refractivity contribution in [2.75, 3.05) is 53.7 Å². The van der Waals surface area contributed by atoms with E-state index < -0.39 is 17.8 Å². The quantitative estimate of drug-likeness (QED) is 0.474. The predicted octanol–water partition coefficient (Wildman–Crippen LogP) is 0.813. The second kappa shape index (κ2) is 9.09. The van der Waals surface area contributed by atoms with Crippen LogP contribution in [0.2, 0.25) is 0 Å². The third-order valence-electron chi connectivity index (χ3n) is 5.93. The molecule has 12 nitrogen and oxygen atoms in total. The van der Waals surface area contributed by atoms with Crippen LogP contribution in [0.5, 0.6) is 0 Å². The van der Waals surface area contributed by atoms with Crippen LogP contribution in [0, 0.1) is 5.82 Å². The monoisotopic (exact) mass is 468 g/mol. The van der Waals surface area contributed by atoms with Crippen LogP contribution in [0.4, 0.5) is 33.5 Å². The number of anilines is 5. The Bertz CT molecular complexity index is 1200. The molecule has 3 aromatic rings. The number of hydrogen-bond acceptors (Lipinski definition) is 10. The van der Waals surface area contributed by atoms with Crippen LogP contribution in [0.15, 0.2) is 30.6 Å². The first-order valence-corrected chi connectivity index (χ1v) is 11.0. The average Bonchev–Trinajstić information content (AvgIpc) is 3.48. The van der Waals surface area contributed by atoms with Gasteiger partial charge >= 0.3 is 0 Å². The van der Waals surface area contributed by atoms with E-state index in [9.17, 15) is 9.18 Å². The summed E-state index contributed by atoms with van der Waals surface area (Å²) in [5, 5.41) is 7.14. The van der Waals surface area contributed by atoms with E-state index in [1.807, 2.05) is 11.0 Å². The average molecular weight is 468 g/mol. The SMILES string of the molecule is NC(=O)[C@@H]1CCCN1c1cc(-n2nc(N)nc2Nc2ccc(N3CCOCC3)cc2F)ncn1. The van der Waals surface area contributed by atoms with Crippen LogP contribution in [0.1, 0.15) is 12.8 Å². The molecule has 0 unspecified atom stereocenters. The van der Waals surface area contributed by atoms with Gasteiger partial charge in [-0.1, -0.05) is 0 Å². The lowest BCUT2D eigenvalue weighted by Gasteiger charge is -2.29. The maximum absolute atomic E-state index is 14.9. The van der Waals surface area contributed by atoms with Gasteiger partial charge in [-0.3, -0.25) is 4.79 Å². The molecule has 0 spiro atoms. The van der Waals surface area contributed by atoms with Gasteiger partial charge in [0.25, 0.3) is 0 Å². The maximum atomic E-state index is 14.9. The van der Waals surface area contributed by atoms with Gasteiger partial charge in [0.15, 0.2) is 5.82 Å². The highest BCUT2D eigenvalue weighted by Crippen LogP contribution is 2.28. The number of nitrogens with zero attached hydrogens (tertiary/aromatic N) is 7. The summed E-state index contributed by atoms with van der Waals surface area (Å²) in [6, 6.07) is 6.18. The number of morpholine rings is 1. The number of primary amides is 1. The summed E-state index contributed by atoms with van der Waals surface area (Å²) in [4.78, 5) is 28.4. The van der Waals surface area contributed by atoms with E-state index in [1.165, 1.54) is 17.1 Å². The summed E-state index contributed by atoms with van der Waals surface area (Å²) in [6.45, 7) is 3.29. The van der Waals surface area contributed by atoms with E-state index in [0.29, 0.717) is 50.9 Å². The van der Waals surface area contributed by atoms with Crippen LogP contribution in [-0.2, 0) is 9.53 Å². The third kappa shape index (κ3) is 4.29. The number of hydrogen-bond donors (Lipinski definition) is 3. The molecule has 0 bridgehead atoms. The molecule has 2 fully saturated rings. The smallest absolute Gasteiger partial charge is 0.241 e. The Morgan fingerprint density at radius 2 is 1.94 bits per heavy atom. The fourth-order valence-electron chi connectivity index (χ4n) is 4.26. The topological polar surface area (TPSA) is 153 Å². The van der Waals surface area contributed by atoms with E-state index in [1.54, 1.807) is 12.1 Å². The number of carbonyl (C=O) groups is 1. The Morgan fingerprint density at radius 1 is 1.15 bits per heavy atom. The lowest BCUT2D eigenvalue weighted by Crippen LogP contribution is -2.40. The number of nitrogens with one attached hydrogen (secondary N) is 1. The number of nitrogen functional groups attached to an aromatic ring is 1. The molecular formula is C21H25FN10O2. The molecule has 1 amide bonds.